The second kappa shape index (κ2) is 3.60. The smallest absolute Gasteiger partial charge is 0.0646 e. The predicted octanol–water partition coefficient (Wildman–Crippen LogP) is 3.90. The second-order valence-corrected chi connectivity index (χ2v) is 7.49. The Balaban J connectivity index is 1.85. The maximum absolute atomic E-state index is 6.16. The molecule has 0 amide bonds. The number of rotatable bonds is 2. The molecular formula is C16H26O. The molecule has 0 radical (unpaired) electrons. The van der Waals surface area contributed by atoms with E-state index in [1.807, 2.05) is 0 Å². The van der Waals surface area contributed by atoms with Crippen LogP contribution in [0.1, 0.15) is 40.5 Å². The molecule has 3 rings (SSSR count). The first kappa shape index (κ1) is 11.8. The molecule has 0 spiro atoms. The third kappa shape index (κ3) is 1.62. The fourth-order valence-corrected chi connectivity index (χ4v) is 4.58. The van der Waals surface area contributed by atoms with Gasteiger partial charge in [-0.05, 0) is 36.0 Å². The highest BCUT2D eigenvalue weighted by atomic mass is 16.5. The zero-order chi connectivity index (χ0) is 12.4. The lowest BCUT2D eigenvalue weighted by Crippen LogP contribution is -2.41. The highest BCUT2D eigenvalue weighted by Crippen LogP contribution is 2.70. The van der Waals surface area contributed by atoms with Crippen LogP contribution in [0.15, 0.2) is 12.2 Å². The van der Waals surface area contributed by atoms with Gasteiger partial charge in [0.2, 0.25) is 0 Å². The largest absolute Gasteiger partial charge is 0.377 e. The van der Waals surface area contributed by atoms with Gasteiger partial charge in [0, 0.05) is 11.8 Å². The summed E-state index contributed by atoms with van der Waals surface area (Å²) in [7, 11) is 0. The summed E-state index contributed by atoms with van der Waals surface area (Å²) in [5, 5.41) is 0. The van der Waals surface area contributed by atoms with Crippen LogP contribution in [0.4, 0.5) is 0 Å². The standard InChI is InChI=1S/C16H26O/c1-9(2)6-13-14-10(3)11(8-17-13)7-12-15(14)16(12,4)5/h9,11-15H,3,6-8H2,1-2,4-5H3/t11-,12-,13-,14-,15+/m0/s1. The van der Waals surface area contributed by atoms with Gasteiger partial charge in [-0.25, -0.2) is 0 Å². The molecule has 2 aliphatic carbocycles. The fraction of sp³-hybridized carbons (Fsp3) is 0.875. The molecule has 1 heteroatoms. The van der Waals surface area contributed by atoms with Crippen molar-refractivity contribution in [3.8, 4) is 0 Å². The summed E-state index contributed by atoms with van der Waals surface area (Å²) in [6, 6.07) is 0. The maximum Gasteiger partial charge on any atom is 0.0646 e. The summed E-state index contributed by atoms with van der Waals surface area (Å²) >= 11 is 0. The van der Waals surface area contributed by atoms with Crippen LogP contribution in [0.2, 0.25) is 0 Å². The van der Waals surface area contributed by atoms with E-state index in [-0.39, 0.29) is 0 Å². The van der Waals surface area contributed by atoms with Crippen LogP contribution in [-0.2, 0) is 4.74 Å². The quantitative estimate of drug-likeness (QED) is 0.659. The third-order valence-electron chi connectivity index (χ3n) is 5.63. The van der Waals surface area contributed by atoms with Gasteiger partial charge in [-0.1, -0.05) is 39.8 Å². The highest BCUT2D eigenvalue weighted by molar-refractivity contribution is 5.26. The van der Waals surface area contributed by atoms with Crippen molar-refractivity contribution in [2.24, 2.45) is 35.0 Å². The Morgan fingerprint density at radius 1 is 1.41 bits per heavy atom. The molecule has 1 heterocycles. The summed E-state index contributed by atoms with van der Waals surface area (Å²) in [4.78, 5) is 0. The lowest BCUT2D eigenvalue weighted by Gasteiger charge is -2.42. The molecule has 2 saturated carbocycles. The summed E-state index contributed by atoms with van der Waals surface area (Å²) < 4.78 is 6.16. The molecule has 0 aromatic carbocycles. The SMILES string of the molecule is C=C1[C@@H]2CO[C@@H](CC(C)C)[C@H]1[C@H]1[C@H](C2)C1(C)C. The van der Waals surface area contributed by atoms with Gasteiger partial charge in [0.1, 0.15) is 0 Å². The van der Waals surface area contributed by atoms with E-state index >= 15 is 0 Å². The number of ether oxygens (including phenoxy) is 1. The molecular weight excluding hydrogens is 208 g/mol. The minimum Gasteiger partial charge on any atom is -0.377 e. The van der Waals surface area contributed by atoms with E-state index in [2.05, 4.69) is 34.3 Å². The first-order valence-corrected chi connectivity index (χ1v) is 7.23. The average molecular weight is 234 g/mol. The molecule has 0 aromatic heterocycles. The van der Waals surface area contributed by atoms with Crippen LogP contribution in [0, 0.1) is 35.0 Å². The Bertz CT molecular complexity index is 341. The van der Waals surface area contributed by atoms with Crippen LogP contribution in [-0.4, -0.2) is 12.7 Å². The normalized spacial score (nSPS) is 46.9. The molecule has 1 saturated heterocycles. The van der Waals surface area contributed by atoms with Crippen molar-refractivity contribution in [3.05, 3.63) is 12.2 Å². The molecule has 3 aliphatic rings. The van der Waals surface area contributed by atoms with Crippen molar-refractivity contribution >= 4 is 0 Å². The molecule has 2 bridgehead atoms. The van der Waals surface area contributed by atoms with Gasteiger partial charge in [-0.2, -0.15) is 0 Å². The van der Waals surface area contributed by atoms with E-state index in [9.17, 15) is 0 Å². The Labute approximate surface area is 106 Å². The minimum absolute atomic E-state index is 0.452. The molecule has 0 unspecified atom stereocenters. The van der Waals surface area contributed by atoms with E-state index in [0.29, 0.717) is 23.4 Å². The lowest BCUT2D eigenvalue weighted by molar-refractivity contribution is -0.0561. The molecule has 0 aromatic rings. The summed E-state index contributed by atoms with van der Waals surface area (Å²) in [6.45, 7) is 14.9. The number of hydrogen-bond donors (Lipinski definition) is 0. The van der Waals surface area contributed by atoms with Gasteiger partial charge in [-0.3, -0.25) is 0 Å². The molecule has 0 N–H and O–H groups in total. The van der Waals surface area contributed by atoms with Gasteiger partial charge < -0.3 is 4.74 Å². The van der Waals surface area contributed by atoms with Gasteiger partial charge >= 0.3 is 0 Å². The van der Waals surface area contributed by atoms with Crippen molar-refractivity contribution in [2.45, 2.75) is 46.6 Å². The monoisotopic (exact) mass is 234 g/mol. The first-order valence-electron chi connectivity index (χ1n) is 7.23. The summed E-state index contributed by atoms with van der Waals surface area (Å²) in [5.74, 6) is 3.85. The maximum atomic E-state index is 6.16. The van der Waals surface area contributed by atoms with Crippen molar-refractivity contribution in [3.63, 3.8) is 0 Å². The van der Waals surface area contributed by atoms with Crippen molar-refractivity contribution in [2.75, 3.05) is 6.61 Å². The van der Waals surface area contributed by atoms with E-state index in [1.54, 1.807) is 0 Å². The lowest BCUT2D eigenvalue weighted by atomic mass is 9.71. The minimum atomic E-state index is 0.452. The van der Waals surface area contributed by atoms with Crippen LogP contribution < -0.4 is 0 Å². The zero-order valence-corrected chi connectivity index (χ0v) is 11.7. The number of hydrogen-bond acceptors (Lipinski definition) is 1. The van der Waals surface area contributed by atoms with Crippen molar-refractivity contribution in [1.29, 1.82) is 0 Å². The Hall–Kier alpha value is -0.300. The van der Waals surface area contributed by atoms with Crippen molar-refractivity contribution < 1.29 is 4.74 Å². The van der Waals surface area contributed by atoms with Gasteiger partial charge in [0.15, 0.2) is 0 Å². The highest BCUT2D eigenvalue weighted by Gasteiger charge is 2.66. The zero-order valence-electron chi connectivity index (χ0n) is 11.7. The van der Waals surface area contributed by atoms with E-state index < -0.39 is 0 Å². The first-order chi connectivity index (χ1) is 7.93. The summed E-state index contributed by atoms with van der Waals surface area (Å²) in [6.07, 6.45) is 2.99. The van der Waals surface area contributed by atoms with E-state index in [0.717, 1.165) is 24.4 Å². The van der Waals surface area contributed by atoms with Gasteiger partial charge in [0.05, 0.1) is 12.7 Å². The molecule has 96 valence electrons. The second-order valence-electron chi connectivity index (χ2n) is 7.49. The predicted molar refractivity (Wildman–Crippen MR) is 70.7 cm³/mol. The average Bonchev–Trinajstić information content (AvgIpc) is 2.71. The number of fused-ring (bicyclic) bond motifs is 4. The van der Waals surface area contributed by atoms with Crippen LogP contribution in [0.25, 0.3) is 0 Å². The van der Waals surface area contributed by atoms with E-state index in [1.165, 1.54) is 18.4 Å². The van der Waals surface area contributed by atoms with E-state index in [4.69, 9.17) is 4.74 Å². The Morgan fingerprint density at radius 3 is 2.76 bits per heavy atom. The Kier molecular flexibility index (Phi) is 2.49. The topological polar surface area (TPSA) is 9.23 Å². The van der Waals surface area contributed by atoms with Crippen molar-refractivity contribution in [1.82, 2.24) is 0 Å². The fourth-order valence-electron chi connectivity index (χ4n) is 4.58. The molecule has 3 fully saturated rings. The van der Waals surface area contributed by atoms with Crippen LogP contribution in [0.5, 0.6) is 0 Å². The molecule has 1 nitrogen and oxygen atoms in total. The third-order valence-corrected chi connectivity index (χ3v) is 5.63. The molecule has 1 aliphatic heterocycles. The summed E-state index contributed by atoms with van der Waals surface area (Å²) in [5.41, 5.74) is 2.07. The van der Waals surface area contributed by atoms with Gasteiger partial charge in [-0.15, -0.1) is 0 Å². The molecule has 17 heavy (non-hydrogen) atoms. The van der Waals surface area contributed by atoms with Crippen LogP contribution >= 0.6 is 0 Å². The van der Waals surface area contributed by atoms with Gasteiger partial charge in [0.25, 0.3) is 0 Å². The molecule has 5 atom stereocenters. The van der Waals surface area contributed by atoms with Crippen LogP contribution in [0.3, 0.4) is 0 Å². The Morgan fingerprint density at radius 2 is 2.12 bits per heavy atom.